The van der Waals surface area contributed by atoms with Crippen molar-refractivity contribution in [3.63, 3.8) is 0 Å². The van der Waals surface area contributed by atoms with E-state index in [0.29, 0.717) is 15.1 Å². The number of nitro groups is 1. The van der Waals surface area contributed by atoms with Gasteiger partial charge in [-0.25, -0.2) is 4.99 Å². The van der Waals surface area contributed by atoms with E-state index in [2.05, 4.69) is 20.9 Å². The van der Waals surface area contributed by atoms with Crippen LogP contribution in [0.2, 0.25) is 5.02 Å². The summed E-state index contributed by atoms with van der Waals surface area (Å²) in [5.41, 5.74) is 5.67. The van der Waals surface area contributed by atoms with E-state index in [-0.39, 0.29) is 11.6 Å². The number of hydrogen-bond acceptors (Lipinski definition) is 6. The van der Waals surface area contributed by atoms with E-state index in [0.717, 1.165) is 43.7 Å². The Hall–Kier alpha value is -3.79. The maximum atomic E-state index is 12.7. The molecule has 7 nitrogen and oxygen atoms in total. The fraction of sp³-hybridized carbons (Fsp3) is 0.103. The lowest BCUT2D eigenvalue weighted by atomic mass is 10.2. The van der Waals surface area contributed by atoms with E-state index in [1.54, 1.807) is 23.9 Å². The number of nitrogens with zero attached hydrogens (tertiary/aromatic N) is 3. The van der Waals surface area contributed by atoms with Crippen molar-refractivity contribution in [1.29, 1.82) is 0 Å². The molecule has 0 unspecified atom stereocenters. The summed E-state index contributed by atoms with van der Waals surface area (Å²) in [5.74, 6) is -0.184. The lowest BCUT2D eigenvalue weighted by Gasteiger charge is -2.11. The summed E-state index contributed by atoms with van der Waals surface area (Å²) in [6.45, 7) is 5.96. The van der Waals surface area contributed by atoms with Crippen molar-refractivity contribution in [2.45, 2.75) is 30.6 Å². The van der Waals surface area contributed by atoms with Crippen LogP contribution in [0.4, 0.5) is 11.4 Å². The summed E-state index contributed by atoms with van der Waals surface area (Å²) in [6, 6.07) is 22.2. The van der Waals surface area contributed by atoms with Crippen LogP contribution in [0.25, 0.3) is 11.8 Å². The van der Waals surface area contributed by atoms with Crippen LogP contribution >= 0.6 is 35.1 Å². The van der Waals surface area contributed by atoms with Crippen LogP contribution in [-0.4, -0.2) is 20.6 Å². The van der Waals surface area contributed by atoms with E-state index in [1.807, 2.05) is 69.3 Å². The molecular formula is C29H23ClN4O3S2. The largest absolute Gasteiger partial charge is 0.318 e. The first-order chi connectivity index (χ1) is 18.7. The molecule has 1 N–H and O–H groups in total. The zero-order valence-corrected chi connectivity index (χ0v) is 23.7. The highest BCUT2D eigenvalue weighted by atomic mass is 35.5. The molecule has 0 spiro atoms. The third-order valence-corrected chi connectivity index (χ3v) is 8.58. The lowest BCUT2D eigenvalue weighted by molar-refractivity contribution is -0.384. The average Bonchev–Trinajstić information content (AvgIpc) is 3.40. The van der Waals surface area contributed by atoms with Gasteiger partial charge in [0.25, 0.3) is 11.6 Å². The molecule has 5 rings (SSSR count). The van der Waals surface area contributed by atoms with Gasteiger partial charge >= 0.3 is 0 Å². The molecule has 10 heteroatoms. The Morgan fingerprint density at radius 1 is 1.03 bits per heavy atom. The number of thioether (sulfide) groups is 1. The highest BCUT2D eigenvalue weighted by Gasteiger charge is 2.25. The van der Waals surface area contributed by atoms with Crippen LogP contribution in [0.1, 0.15) is 22.5 Å². The van der Waals surface area contributed by atoms with Crippen molar-refractivity contribution in [2.24, 2.45) is 4.99 Å². The summed E-state index contributed by atoms with van der Waals surface area (Å²) >= 11 is 9.06. The van der Waals surface area contributed by atoms with Gasteiger partial charge in [0.2, 0.25) is 0 Å². The second-order valence-electron chi connectivity index (χ2n) is 8.87. The first kappa shape index (κ1) is 26.8. The molecule has 1 saturated heterocycles. The van der Waals surface area contributed by atoms with Gasteiger partial charge < -0.3 is 9.88 Å². The van der Waals surface area contributed by atoms with Gasteiger partial charge in [-0.1, -0.05) is 29.4 Å². The number of nitrogens with one attached hydrogen (secondary N) is 1. The van der Waals surface area contributed by atoms with E-state index < -0.39 is 4.92 Å². The van der Waals surface area contributed by atoms with Gasteiger partial charge in [-0.3, -0.25) is 14.9 Å². The molecule has 39 heavy (non-hydrogen) atoms. The molecule has 0 bridgehead atoms. The Labute approximate surface area is 239 Å². The van der Waals surface area contributed by atoms with E-state index in [1.165, 1.54) is 23.9 Å². The number of amidine groups is 1. The van der Waals surface area contributed by atoms with Crippen LogP contribution in [0.5, 0.6) is 0 Å². The minimum absolute atomic E-state index is 0.0761. The molecule has 196 valence electrons. The highest BCUT2D eigenvalue weighted by molar-refractivity contribution is 8.18. The van der Waals surface area contributed by atoms with Crippen molar-refractivity contribution in [3.05, 3.63) is 115 Å². The highest BCUT2D eigenvalue weighted by Crippen LogP contribution is 2.33. The summed E-state index contributed by atoms with van der Waals surface area (Å²) in [4.78, 5) is 30.3. The summed E-state index contributed by atoms with van der Waals surface area (Å²) < 4.78 is 2.15. The number of aromatic nitrogens is 1. The lowest BCUT2D eigenvalue weighted by Crippen LogP contribution is -2.19. The van der Waals surface area contributed by atoms with Crippen LogP contribution < -0.4 is 5.32 Å². The van der Waals surface area contributed by atoms with Gasteiger partial charge in [-0.15, -0.1) is 0 Å². The van der Waals surface area contributed by atoms with Crippen molar-refractivity contribution in [2.75, 3.05) is 0 Å². The van der Waals surface area contributed by atoms with Crippen LogP contribution in [0.3, 0.4) is 0 Å². The number of aryl methyl sites for hydroxylation is 1. The summed E-state index contributed by atoms with van der Waals surface area (Å²) in [6.07, 6.45) is 1.89. The Bertz CT molecular complexity index is 1660. The molecule has 0 saturated carbocycles. The molecule has 4 aromatic rings. The molecule has 0 aliphatic carbocycles. The van der Waals surface area contributed by atoms with Gasteiger partial charge in [0.15, 0.2) is 5.17 Å². The number of halogens is 1. The Kier molecular flexibility index (Phi) is 7.65. The minimum atomic E-state index is -0.401. The molecule has 1 aliphatic rings. The Morgan fingerprint density at radius 2 is 1.69 bits per heavy atom. The molecule has 2 heterocycles. The second kappa shape index (κ2) is 11.1. The van der Waals surface area contributed by atoms with Gasteiger partial charge in [0.05, 0.1) is 15.5 Å². The van der Waals surface area contributed by atoms with Crippen molar-refractivity contribution < 1.29 is 9.72 Å². The number of benzene rings is 3. The third kappa shape index (κ3) is 5.80. The maximum absolute atomic E-state index is 12.7. The zero-order chi connectivity index (χ0) is 27.7. The quantitative estimate of drug-likeness (QED) is 0.143. The maximum Gasteiger partial charge on any atom is 0.269 e. The predicted octanol–water partition coefficient (Wildman–Crippen LogP) is 8.01. The number of carbonyl (C=O) groups excluding carboxylic acids is 1. The monoisotopic (exact) mass is 574 g/mol. The van der Waals surface area contributed by atoms with Crippen molar-refractivity contribution in [1.82, 2.24) is 9.88 Å². The number of amides is 1. The van der Waals surface area contributed by atoms with Crippen LogP contribution in [0, 0.1) is 30.9 Å². The Balaban J connectivity index is 1.35. The fourth-order valence-corrected chi connectivity index (χ4v) is 6.03. The molecule has 0 radical (unpaired) electrons. The van der Waals surface area contributed by atoms with Crippen LogP contribution in [-0.2, 0) is 4.79 Å². The molecule has 1 aliphatic heterocycles. The molecule has 1 aromatic heterocycles. The van der Waals surface area contributed by atoms with Crippen LogP contribution in [0.15, 0.2) is 92.5 Å². The first-order valence-electron chi connectivity index (χ1n) is 12.0. The van der Waals surface area contributed by atoms with Gasteiger partial charge in [-0.2, -0.15) is 0 Å². The minimum Gasteiger partial charge on any atom is -0.318 e. The average molecular weight is 575 g/mol. The number of aliphatic imine (C=N–C) groups is 1. The first-order valence-corrected chi connectivity index (χ1v) is 14.0. The third-order valence-electron chi connectivity index (χ3n) is 6.25. The van der Waals surface area contributed by atoms with Gasteiger partial charge in [0.1, 0.15) is 0 Å². The number of rotatable bonds is 6. The smallest absolute Gasteiger partial charge is 0.269 e. The SMILES string of the molecule is Cc1c(Cl)cccc1N=C1NC(=O)/C(=C/c2cc(C)n(-c3ccc(Sc4ccc([N+](=O)[O-])cc4)cc3)c2C)S1. The summed E-state index contributed by atoms with van der Waals surface area (Å²) in [7, 11) is 0. The van der Waals surface area contributed by atoms with Gasteiger partial charge in [0, 0.05) is 44.0 Å². The molecule has 0 atom stereocenters. The molecule has 3 aromatic carbocycles. The number of hydrogen-bond donors (Lipinski definition) is 1. The molecule has 1 fully saturated rings. The van der Waals surface area contributed by atoms with E-state index >= 15 is 0 Å². The fourth-order valence-electron chi connectivity index (χ4n) is 4.21. The molecule has 1 amide bonds. The number of nitro benzene ring substituents is 1. The topological polar surface area (TPSA) is 89.5 Å². The van der Waals surface area contributed by atoms with E-state index in [9.17, 15) is 14.9 Å². The van der Waals surface area contributed by atoms with Gasteiger partial charge in [-0.05, 0) is 104 Å². The van der Waals surface area contributed by atoms with E-state index in [4.69, 9.17) is 11.6 Å². The predicted molar refractivity (Wildman–Crippen MR) is 159 cm³/mol. The normalized spacial score (nSPS) is 15.2. The zero-order valence-electron chi connectivity index (χ0n) is 21.3. The second-order valence-corrected chi connectivity index (χ2v) is 11.5. The number of non-ortho nitro benzene ring substituents is 1. The van der Waals surface area contributed by atoms with Crippen molar-refractivity contribution in [3.8, 4) is 5.69 Å². The molecular weight excluding hydrogens is 552 g/mol. The number of carbonyl (C=O) groups is 1. The summed E-state index contributed by atoms with van der Waals surface area (Å²) in [5, 5.41) is 14.9. The van der Waals surface area contributed by atoms with Crippen molar-refractivity contribution >= 4 is 63.7 Å². The standard InChI is InChI=1S/C29H23ClN4O3S2/c1-17-15-20(16-27-28(35)32-29(39-27)31-26-6-4-5-25(30)18(26)2)19(3)33(17)21-7-11-23(12-8-21)38-24-13-9-22(10-14-24)34(36)37/h4-16H,1-3H3,(H,31,32,35)/b27-16-. The Morgan fingerprint density at radius 3 is 2.36 bits per heavy atom.